The maximum atomic E-state index is 9.10. The average molecular weight is 205 g/mol. The first-order chi connectivity index (χ1) is 6.86. The van der Waals surface area contributed by atoms with Gasteiger partial charge < -0.3 is 9.87 Å². The molecule has 2 aromatic rings. The summed E-state index contributed by atoms with van der Waals surface area (Å²) < 4.78 is 9.10. The first kappa shape index (κ1) is 9.37. The van der Waals surface area contributed by atoms with E-state index in [1.54, 1.807) is 0 Å². The molecule has 0 atom stereocenters. The van der Waals surface area contributed by atoms with Crippen molar-refractivity contribution < 1.29 is 4.55 Å². The quantitative estimate of drug-likeness (QED) is 0.736. The third-order valence-corrected chi connectivity index (χ3v) is 2.80. The summed E-state index contributed by atoms with van der Waals surface area (Å²) >= 11 is 0.790. The molecule has 0 saturated carbocycles. The van der Waals surface area contributed by atoms with Crippen LogP contribution in [-0.4, -0.2) is 11.6 Å². The van der Waals surface area contributed by atoms with Gasteiger partial charge in [0, 0.05) is 35.1 Å². The molecule has 0 radical (unpaired) electrons. The zero-order chi connectivity index (χ0) is 9.97. The van der Waals surface area contributed by atoms with Gasteiger partial charge in [0.15, 0.2) is 0 Å². The van der Waals surface area contributed by atoms with Gasteiger partial charge in [0.25, 0.3) is 0 Å². The van der Waals surface area contributed by atoms with Crippen LogP contribution in [0.15, 0.2) is 41.3 Å². The van der Waals surface area contributed by atoms with E-state index in [-0.39, 0.29) is 0 Å². The monoisotopic (exact) mass is 205 g/mol. The van der Waals surface area contributed by atoms with Gasteiger partial charge in [-0.25, -0.2) is 0 Å². The van der Waals surface area contributed by atoms with Crippen molar-refractivity contribution in [3.8, 4) is 0 Å². The highest BCUT2D eigenvalue weighted by molar-refractivity contribution is 7.94. The normalized spacial score (nSPS) is 10.4. The number of hydrogen-bond donors (Lipinski definition) is 2. The summed E-state index contributed by atoms with van der Waals surface area (Å²) in [5.41, 5.74) is 1.08. The molecule has 2 nitrogen and oxygen atoms in total. The number of nitrogens with one attached hydrogen (secondary N) is 1. The second-order valence-electron chi connectivity index (χ2n) is 3.00. The van der Waals surface area contributed by atoms with Crippen LogP contribution in [0.2, 0.25) is 0 Å². The molecule has 0 unspecified atom stereocenters. The van der Waals surface area contributed by atoms with Gasteiger partial charge in [-0.15, -0.1) is 0 Å². The van der Waals surface area contributed by atoms with Crippen molar-refractivity contribution in [2.45, 2.75) is 4.90 Å². The molecule has 3 heteroatoms. The zero-order valence-electron chi connectivity index (χ0n) is 7.82. The Morgan fingerprint density at radius 1 is 1.07 bits per heavy atom. The van der Waals surface area contributed by atoms with Crippen molar-refractivity contribution >= 4 is 28.5 Å². The second-order valence-corrected chi connectivity index (χ2v) is 3.62. The fourth-order valence-electron chi connectivity index (χ4n) is 1.57. The van der Waals surface area contributed by atoms with E-state index in [4.69, 9.17) is 4.55 Å². The maximum Gasteiger partial charge on any atom is 0.0430 e. The highest BCUT2D eigenvalue weighted by atomic mass is 32.2. The van der Waals surface area contributed by atoms with Crippen LogP contribution in [0.5, 0.6) is 0 Å². The summed E-state index contributed by atoms with van der Waals surface area (Å²) in [6.45, 7) is 0. The highest BCUT2D eigenvalue weighted by Crippen LogP contribution is 2.30. The zero-order valence-corrected chi connectivity index (χ0v) is 8.64. The van der Waals surface area contributed by atoms with Gasteiger partial charge in [0.2, 0.25) is 0 Å². The summed E-state index contributed by atoms with van der Waals surface area (Å²) in [7, 11) is 1.90. The number of hydrogen-bond acceptors (Lipinski definition) is 3. The summed E-state index contributed by atoms with van der Waals surface area (Å²) in [6, 6.07) is 11.9. The van der Waals surface area contributed by atoms with Gasteiger partial charge >= 0.3 is 0 Å². The summed E-state index contributed by atoms with van der Waals surface area (Å²) in [6.07, 6.45) is 0. The fourth-order valence-corrected chi connectivity index (χ4v) is 1.97. The topological polar surface area (TPSA) is 32.3 Å². The molecular weight excluding hydrogens is 194 g/mol. The Labute approximate surface area is 87.2 Å². The van der Waals surface area contributed by atoms with Gasteiger partial charge in [-0.1, -0.05) is 24.3 Å². The third kappa shape index (κ3) is 1.45. The Bertz CT molecular complexity index is 413. The van der Waals surface area contributed by atoms with Gasteiger partial charge in [0.1, 0.15) is 0 Å². The average Bonchev–Trinajstić information content (AvgIpc) is 2.27. The lowest BCUT2D eigenvalue weighted by atomic mass is 10.1. The molecule has 0 aliphatic heterocycles. The van der Waals surface area contributed by atoms with E-state index in [0.29, 0.717) is 0 Å². The molecule has 0 aromatic heterocycles. The molecule has 0 aliphatic rings. The molecule has 2 aromatic carbocycles. The Hall–Kier alpha value is -1.19. The van der Waals surface area contributed by atoms with Crippen molar-refractivity contribution in [2.75, 3.05) is 12.4 Å². The van der Waals surface area contributed by atoms with E-state index in [2.05, 4.69) is 5.32 Å². The molecule has 2 rings (SSSR count). The standard InChI is InChI=1S/C11H11NOS/c1-12-10-6-7-11(14-13)9-5-3-2-4-8(9)10/h2-7,12-13H,1H3. The molecule has 0 amide bonds. The van der Waals surface area contributed by atoms with Crippen LogP contribution in [-0.2, 0) is 0 Å². The number of rotatable bonds is 2. The lowest BCUT2D eigenvalue weighted by Gasteiger charge is -2.08. The molecule has 0 spiro atoms. The van der Waals surface area contributed by atoms with Crippen molar-refractivity contribution in [3.63, 3.8) is 0 Å². The summed E-state index contributed by atoms with van der Waals surface area (Å²) in [5, 5.41) is 5.34. The maximum absolute atomic E-state index is 9.10. The second kappa shape index (κ2) is 3.90. The van der Waals surface area contributed by atoms with E-state index in [0.717, 1.165) is 33.4 Å². The van der Waals surface area contributed by atoms with E-state index < -0.39 is 0 Å². The van der Waals surface area contributed by atoms with Crippen LogP contribution in [0.3, 0.4) is 0 Å². The van der Waals surface area contributed by atoms with Gasteiger partial charge in [-0.2, -0.15) is 0 Å². The molecule has 0 fully saturated rings. The third-order valence-electron chi connectivity index (χ3n) is 2.25. The van der Waals surface area contributed by atoms with E-state index in [1.165, 1.54) is 0 Å². The molecule has 0 saturated heterocycles. The van der Waals surface area contributed by atoms with E-state index in [1.807, 2.05) is 43.4 Å². The number of fused-ring (bicyclic) bond motifs is 1. The Morgan fingerprint density at radius 2 is 1.79 bits per heavy atom. The SMILES string of the molecule is CNc1ccc(SO)c2ccccc12. The van der Waals surface area contributed by atoms with Crippen molar-refractivity contribution in [1.29, 1.82) is 0 Å². The van der Waals surface area contributed by atoms with Crippen LogP contribution in [0, 0.1) is 0 Å². The lowest BCUT2D eigenvalue weighted by molar-refractivity contribution is 0.664. The van der Waals surface area contributed by atoms with Crippen LogP contribution in [0.1, 0.15) is 0 Å². The molecular formula is C11H11NOS. The Kier molecular flexibility index (Phi) is 2.61. The van der Waals surface area contributed by atoms with Crippen molar-refractivity contribution in [2.24, 2.45) is 0 Å². The molecule has 14 heavy (non-hydrogen) atoms. The van der Waals surface area contributed by atoms with E-state index >= 15 is 0 Å². The van der Waals surface area contributed by atoms with Gasteiger partial charge in [-0.3, -0.25) is 0 Å². The van der Waals surface area contributed by atoms with Crippen LogP contribution in [0.25, 0.3) is 10.8 Å². The fraction of sp³-hybridized carbons (Fsp3) is 0.0909. The van der Waals surface area contributed by atoms with Crippen LogP contribution in [0.4, 0.5) is 5.69 Å². The van der Waals surface area contributed by atoms with Crippen molar-refractivity contribution in [3.05, 3.63) is 36.4 Å². The molecule has 0 bridgehead atoms. The minimum absolute atomic E-state index is 0.790. The number of benzene rings is 2. The molecule has 2 N–H and O–H groups in total. The predicted molar refractivity (Wildman–Crippen MR) is 62.0 cm³/mol. The smallest absolute Gasteiger partial charge is 0.0430 e. The van der Waals surface area contributed by atoms with Gasteiger partial charge in [0.05, 0.1) is 0 Å². The molecule has 72 valence electrons. The van der Waals surface area contributed by atoms with Gasteiger partial charge in [-0.05, 0) is 17.5 Å². The minimum atomic E-state index is 0.790. The number of anilines is 1. The van der Waals surface area contributed by atoms with Crippen molar-refractivity contribution in [1.82, 2.24) is 0 Å². The van der Waals surface area contributed by atoms with Crippen LogP contribution >= 0.6 is 12.0 Å². The lowest BCUT2D eigenvalue weighted by Crippen LogP contribution is -1.89. The first-order valence-corrected chi connectivity index (χ1v) is 5.15. The summed E-state index contributed by atoms with van der Waals surface area (Å²) in [4.78, 5) is 0.889. The first-order valence-electron chi connectivity index (χ1n) is 4.37. The van der Waals surface area contributed by atoms with E-state index in [9.17, 15) is 0 Å². The summed E-state index contributed by atoms with van der Waals surface area (Å²) in [5.74, 6) is 0. The predicted octanol–water partition coefficient (Wildman–Crippen LogP) is 3.45. The van der Waals surface area contributed by atoms with Crippen LogP contribution < -0.4 is 5.32 Å². The Morgan fingerprint density at radius 3 is 2.43 bits per heavy atom. The highest BCUT2D eigenvalue weighted by Gasteiger charge is 2.03. The molecule has 0 heterocycles. The minimum Gasteiger partial charge on any atom is -0.388 e. The Balaban J connectivity index is 2.78. The molecule has 0 aliphatic carbocycles. The largest absolute Gasteiger partial charge is 0.388 e.